The van der Waals surface area contributed by atoms with Gasteiger partial charge in [0, 0.05) is 17.5 Å². The molecule has 7 heteroatoms. The number of ether oxygens (including phenoxy) is 2. The van der Waals surface area contributed by atoms with Gasteiger partial charge in [-0.1, -0.05) is 18.2 Å². The molecule has 3 aromatic rings. The van der Waals surface area contributed by atoms with Crippen LogP contribution in [-0.4, -0.2) is 13.2 Å². The smallest absolute Gasteiger partial charge is 0.417 e. The molecule has 0 saturated heterocycles. The minimum Gasteiger partial charge on any atom is -0.490 e. The van der Waals surface area contributed by atoms with Crippen LogP contribution in [0.3, 0.4) is 0 Å². The summed E-state index contributed by atoms with van der Waals surface area (Å²) in [5.41, 5.74) is -1.29. The van der Waals surface area contributed by atoms with Gasteiger partial charge in [0.1, 0.15) is 30.3 Å². The van der Waals surface area contributed by atoms with Crippen LogP contribution in [-0.2, 0) is 6.18 Å². The zero-order chi connectivity index (χ0) is 18.7. The standard InChI is InChI=1S/C19H15F3O4/c1-12-4-2-3-5-16(12)25-9-8-24-13-6-7-14-15(19(20,21)22)11-18(23)26-17(14)10-13/h2-7,10-11H,8-9H2,1H3. The molecule has 136 valence electrons. The highest BCUT2D eigenvalue weighted by atomic mass is 19.4. The Morgan fingerprint density at radius 1 is 1.00 bits per heavy atom. The van der Waals surface area contributed by atoms with Crippen molar-refractivity contribution in [2.24, 2.45) is 0 Å². The quantitative estimate of drug-likeness (QED) is 0.491. The van der Waals surface area contributed by atoms with E-state index in [9.17, 15) is 18.0 Å². The van der Waals surface area contributed by atoms with E-state index in [1.54, 1.807) is 0 Å². The van der Waals surface area contributed by atoms with E-state index in [1.165, 1.54) is 18.2 Å². The van der Waals surface area contributed by atoms with Crippen molar-refractivity contribution >= 4 is 11.0 Å². The van der Waals surface area contributed by atoms with Crippen LogP contribution >= 0.6 is 0 Å². The lowest BCUT2D eigenvalue weighted by atomic mass is 10.1. The van der Waals surface area contributed by atoms with Gasteiger partial charge in [-0.2, -0.15) is 13.2 Å². The second kappa shape index (κ2) is 7.11. The fourth-order valence-corrected chi connectivity index (χ4v) is 2.50. The van der Waals surface area contributed by atoms with Gasteiger partial charge >= 0.3 is 11.8 Å². The first-order valence-electron chi connectivity index (χ1n) is 7.81. The van der Waals surface area contributed by atoms with Crippen LogP contribution < -0.4 is 15.1 Å². The summed E-state index contributed by atoms with van der Waals surface area (Å²) in [5, 5.41) is -0.194. The first-order valence-corrected chi connectivity index (χ1v) is 7.81. The fraction of sp³-hybridized carbons (Fsp3) is 0.211. The number of rotatable bonds is 5. The summed E-state index contributed by atoms with van der Waals surface area (Å²) >= 11 is 0. The molecular weight excluding hydrogens is 349 g/mol. The normalized spacial score (nSPS) is 11.5. The Morgan fingerprint density at radius 3 is 2.46 bits per heavy atom. The number of aryl methyl sites for hydroxylation is 1. The molecule has 1 aromatic heterocycles. The second-order valence-corrected chi connectivity index (χ2v) is 5.60. The Kier molecular flexibility index (Phi) is 4.88. The molecule has 4 nitrogen and oxygen atoms in total. The maximum absolute atomic E-state index is 13.0. The molecule has 0 aliphatic rings. The molecule has 0 amide bonds. The van der Waals surface area contributed by atoms with E-state index in [4.69, 9.17) is 13.9 Å². The van der Waals surface area contributed by atoms with E-state index < -0.39 is 17.4 Å². The highest BCUT2D eigenvalue weighted by molar-refractivity contribution is 5.82. The fourth-order valence-electron chi connectivity index (χ4n) is 2.50. The lowest BCUT2D eigenvalue weighted by Crippen LogP contribution is -2.11. The van der Waals surface area contributed by atoms with Crippen molar-refractivity contribution in [2.45, 2.75) is 13.1 Å². The van der Waals surface area contributed by atoms with E-state index in [1.807, 2.05) is 31.2 Å². The van der Waals surface area contributed by atoms with E-state index in [2.05, 4.69) is 0 Å². The van der Waals surface area contributed by atoms with Gasteiger partial charge in [0.15, 0.2) is 0 Å². The van der Waals surface area contributed by atoms with Crippen LogP contribution in [0.1, 0.15) is 11.1 Å². The summed E-state index contributed by atoms with van der Waals surface area (Å²) in [6, 6.07) is 11.8. The third-order valence-electron chi connectivity index (χ3n) is 3.72. The largest absolute Gasteiger partial charge is 0.490 e. The molecule has 0 N–H and O–H groups in total. The van der Waals surface area contributed by atoms with Crippen LogP contribution in [0.4, 0.5) is 13.2 Å². The molecule has 0 saturated carbocycles. The van der Waals surface area contributed by atoms with E-state index >= 15 is 0 Å². The number of alkyl halides is 3. The highest BCUT2D eigenvalue weighted by Gasteiger charge is 2.33. The van der Waals surface area contributed by atoms with Crippen molar-refractivity contribution in [1.29, 1.82) is 0 Å². The summed E-state index contributed by atoms with van der Waals surface area (Å²) in [6.07, 6.45) is -4.64. The minimum absolute atomic E-state index is 0.179. The molecule has 0 bridgehead atoms. The molecule has 1 heterocycles. The summed E-state index contributed by atoms with van der Waals surface area (Å²) < 4.78 is 55.0. The molecular formula is C19H15F3O4. The topological polar surface area (TPSA) is 48.7 Å². The van der Waals surface area contributed by atoms with Gasteiger partial charge in [-0.15, -0.1) is 0 Å². The number of benzene rings is 2. The number of hydrogen-bond donors (Lipinski definition) is 0. The number of fused-ring (bicyclic) bond motifs is 1. The maximum Gasteiger partial charge on any atom is 0.417 e. The monoisotopic (exact) mass is 364 g/mol. The van der Waals surface area contributed by atoms with Crippen LogP contribution in [0.15, 0.2) is 57.7 Å². The average molecular weight is 364 g/mol. The molecule has 0 atom stereocenters. The predicted molar refractivity (Wildman–Crippen MR) is 89.7 cm³/mol. The van der Waals surface area contributed by atoms with Crippen molar-refractivity contribution in [3.63, 3.8) is 0 Å². The highest BCUT2D eigenvalue weighted by Crippen LogP contribution is 2.34. The summed E-state index contributed by atoms with van der Waals surface area (Å²) in [7, 11) is 0. The zero-order valence-corrected chi connectivity index (χ0v) is 13.8. The van der Waals surface area contributed by atoms with Crippen molar-refractivity contribution < 1.29 is 27.1 Å². The molecule has 0 aliphatic carbocycles. The molecule has 0 unspecified atom stereocenters. The van der Waals surface area contributed by atoms with Crippen LogP contribution in [0, 0.1) is 6.92 Å². The summed E-state index contributed by atoms with van der Waals surface area (Å²) in [5.74, 6) is 1.02. The number of hydrogen-bond acceptors (Lipinski definition) is 4. The van der Waals surface area contributed by atoms with Gasteiger partial charge < -0.3 is 13.9 Å². The van der Waals surface area contributed by atoms with Gasteiger partial charge in [0.2, 0.25) is 0 Å². The number of halogens is 3. The number of para-hydroxylation sites is 1. The summed E-state index contributed by atoms with van der Waals surface area (Å²) in [6.45, 7) is 2.36. The Hall–Kier alpha value is -2.96. The van der Waals surface area contributed by atoms with Crippen LogP contribution in [0.2, 0.25) is 0 Å². The van der Waals surface area contributed by atoms with E-state index in [0.717, 1.165) is 11.3 Å². The van der Waals surface area contributed by atoms with Gasteiger partial charge in [0.05, 0.1) is 5.56 Å². The third-order valence-corrected chi connectivity index (χ3v) is 3.72. The Balaban J connectivity index is 1.72. The second-order valence-electron chi connectivity index (χ2n) is 5.60. The molecule has 0 fully saturated rings. The summed E-state index contributed by atoms with van der Waals surface area (Å²) in [4.78, 5) is 11.4. The molecule has 0 spiro atoms. The van der Waals surface area contributed by atoms with Gasteiger partial charge in [0.25, 0.3) is 0 Å². The Morgan fingerprint density at radius 2 is 1.73 bits per heavy atom. The van der Waals surface area contributed by atoms with Crippen LogP contribution in [0.5, 0.6) is 11.5 Å². The van der Waals surface area contributed by atoms with Crippen molar-refractivity contribution in [2.75, 3.05) is 13.2 Å². The first kappa shape index (κ1) is 17.8. The van der Waals surface area contributed by atoms with Gasteiger partial charge in [-0.25, -0.2) is 4.79 Å². The van der Waals surface area contributed by atoms with E-state index in [0.29, 0.717) is 6.07 Å². The van der Waals surface area contributed by atoms with Crippen molar-refractivity contribution in [3.8, 4) is 11.5 Å². The zero-order valence-electron chi connectivity index (χ0n) is 13.8. The molecule has 3 rings (SSSR count). The molecule has 0 radical (unpaired) electrons. The van der Waals surface area contributed by atoms with Gasteiger partial charge in [-0.05, 0) is 30.7 Å². The van der Waals surface area contributed by atoms with Crippen molar-refractivity contribution in [1.82, 2.24) is 0 Å². The third kappa shape index (κ3) is 3.99. The molecule has 0 aliphatic heterocycles. The average Bonchev–Trinajstić information content (AvgIpc) is 2.58. The Bertz CT molecular complexity index is 976. The van der Waals surface area contributed by atoms with Gasteiger partial charge in [-0.3, -0.25) is 0 Å². The Labute approximate surface area is 146 Å². The van der Waals surface area contributed by atoms with Crippen LogP contribution in [0.25, 0.3) is 11.0 Å². The lowest BCUT2D eigenvalue weighted by molar-refractivity contribution is -0.136. The first-order chi connectivity index (χ1) is 12.3. The SMILES string of the molecule is Cc1ccccc1OCCOc1ccc2c(C(F)(F)F)cc(=O)oc2c1. The van der Waals surface area contributed by atoms with Crippen molar-refractivity contribution in [3.05, 3.63) is 70.1 Å². The minimum atomic E-state index is -4.64. The van der Waals surface area contributed by atoms with E-state index in [-0.39, 0.29) is 29.9 Å². The molecule has 26 heavy (non-hydrogen) atoms. The maximum atomic E-state index is 13.0. The lowest BCUT2D eigenvalue weighted by Gasteiger charge is -2.12. The predicted octanol–water partition coefficient (Wildman–Crippen LogP) is 4.58. The molecule has 2 aromatic carbocycles.